The number of carboxylic acids is 1. The van der Waals surface area contributed by atoms with E-state index in [-0.39, 0.29) is 12.6 Å². The Morgan fingerprint density at radius 3 is 2.32 bits per heavy atom. The van der Waals surface area contributed by atoms with Gasteiger partial charge in [0.2, 0.25) is 10.0 Å². The van der Waals surface area contributed by atoms with Crippen LogP contribution in [-0.2, 0) is 14.8 Å². The van der Waals surface area contributed by atoms with E-state index in [2.05, 4.69) is 0 Å². The zero-order valence-electron chi connectivity index (χ0n) is 11.8. The predicted molar refractivity (Wildman–Crippen MR) is 71.7 cm³/mol. The van der Waals surface area contributed by atoms with Crippen molar-refractivity contribution < 1.29 is 31.5 Å². The molecule has 0 unspecified atom stereocenters. The van der Waals surface area contributed by atoms with Crippen LogP contribution in [0.25, 0.3) is 0 Å². The minimum Gasteiger partial charge on any atom is -0.480 e. The normalized spacial score (nSPS) is 26.0. The van der Waals surface area contributed by atoms with Crippen LogP contribution in [0.4, 0.5) is 13.2 Å². The molecule has 0 aromatic heterocycles. The van der Waals surface area contributed by atoms with Crippen LogP contribution in [0, 0.1) is 5.92 Å². The maximum atomic E-state index is 12.1. The molecule has 2 N–H and O–H groups in total. The van der Waals surface area contributed by atoms with Gasteiger partial charge in [-0.15, -0.1) is 0 Å². The maximum absolute atomic E-state index is 12.1. The summed E-state index contributed by atoms with van der Waals surface area (Å²) in [6, 6.07) is -0.636. The third kappa shape index (κ3) is 5.73. The van der Waals surface area contributed by atoms with Gasteiger partial charge in [0.25, 0.3) is 0 Å². The van der Waals surface area contributed by atoms with Gasteiger partial charge in [-0.1, -0.05) is 0 Å². The Hall–Kier alpha value is -0.870. The van der Waals surface area contributed by atoms with Crippen LogP contribution < -0.4 is 4.72 Å². The topological polar surface area (TPSA) is 86.7 Å². The molecule has 0 aromatic rings. The Morgan fingerprint density at radius 1 is 1.27 bits per heavy atom. The van der Waals surface area contributed by atoms with E-state index in [1.165, 1.54) is 0 Å². The van der Waals surface area contributed by atoms with E-state index in [4.69, 9.17) is 5.11 Å². The molecule has 0 amide bonds. The van der Waals surface area contributed by atoms with Crippen molar-refractivity contribution in [2.75, 3.05) is 18.8 Å². The van der Waals surface area contributed by atoms with Crippen molar-refractivity contribution in [3.05, 3.63) is 0 Å². The monoisotopic (exact) mass is 344 g/mol. The Bertz CT molecular complexity index is 513. The number of carboxylic acid groups (broad SMARTS) is 1. The molecule has 0 aromatic carbocycles. The summed E-state index contributed by atoms with van der Waals surface area (Å²) in [6.07, 6.45) is -1.96. The zero-order valence-corrected chi connectivity index (χ0v) is 12.7. The van der Waals surface area contributed by atoms with E-state index in [0.29, 0.717) is 25.3 Å². The van der Waals surface area contributed by atoms with E-state index in [1.54, 1.807) is 4.90 Å². The highest BCUT2D eigenvalue weighted by atomic mass is 32.2. The van der Waals surface area contributed by atoms with Gasteiger partial charge in [0.05, 0.1) is 6.54 Å². The summed E-state index contributed by atoms with van der Waals surface area (Å²) >= 11 is 0. The lowest BCUT2D eigenvalue weighted by Gasteiger charge is -2.42. The molecule has 0 atom stereocenters. The molecule has 2 fully saturated rings. The highest BCUT2D eigenvalue weighted by Gasteiger charge is 2.41. The molecule has 10 heteroatoms. The number of hydrogen-bond acceptors (Lipinski definition) is 4. The van der Waals surface area contributed by atoms with Crippen molar-refractivity contribution in [3.63, 3.8) is 0 Å². The van der Waals surface area contributed by atoms with Crippen molar-refractivity contribution in [1.82, 2.24) is 9.62 Å². The molecular weight excluding hydrogens is 325 g/mol. The third-order valence-corrected chi connectivity index (χ3v) is 5.26. The predicted octanol–water partition coefficient (Wildman–Crippen LogP) is 0.796. The van der Waals surface area contributed by atoms with Crippen LogP contribution in [0.1, 0.15) is 25.7 Å². The quantitative estimate of drug-likeness (QED) is 0.680. The maximum Gasteiger partial charge on any atom is 0.404 e. The standard InChI is InChI=1S/C12H19F3N2O4S/c13-12(14,15)7-22(20,21)16-9-3-10(4-9)17(6-11(18)19)5-8-1-2-8/h8-10,16H,1-7H2,(H,18,19). The molecule has 2 aliphatic rings. The molecule has 0 saturated heterocycles. The van der Waals surface area contributed by atoms with Gasteiger partial charge < -0.3 is 5.11 Å². The summed E-state index contributed by atoms with van der Waals surface area (Å²) in [5, 5.41) is 8.89. The molecule has 0 bridgehead atoms. The molecule has 6 nitrogen and oxygen atoms in total. The Kier molecular flexibility index (Phi) is 5.03. The summed E-state index contributed by atoms with van der Waals surface area (Å²) in [7, 11) is -4.39. The third-order valence-electron chi connectivity index (χ3n) is 3.86. The number of carbonyl (C=O) groups is 1. The van der Waals surface area contributed by atoms with Gasteiger partial charge in [-0.2, -0.15) is 13.2 Å². The first kappa shape index (κ1) is 17.5. The van der Waals surface area contributed by atoms with E-state index in [1.807, 2.05) is 4.72 Å². The molecule has 2 rings (SSSR count). The SMILES string of the molecule is O=C(O)CN(CC1CC1)C1CC(NS(=O)(=O)CC(F)(F)F)C1. The van der Waals surface area contributed by atoms with Gasteiger partial charge in [0.15, 0.2) is 5.75 Å². The number of halogens is 3. The van der Waals surface area contributed by atoms with Gasteiger partial charge in [-0.05, 0) is 31.6 Å². The average Bonchev–Trinajstić information content (AvgIpc) is 3.01. The molecule has 22 heavy (non-hydrogen) atoms. The van der Waals surface area contributed by atoms with E-state index in [0.717, 1.165) is 12.8 Å². The van der Waals surface area contributed by atoms with Crippen LogP contribution in [0.3, 0.4) is 0 Å². The largest absolute Gasteiger partial charge is 0.480 e. The van der Waals surface area contributed by atoms with Gasteiger partial charge in [0, 0.05) is 18.6 Å². The Balaban J connectivity index is 1.80. The number of sulfonamides is 1. The van der Waals surface area contributed by atoms with Crippen molar-refractivity contribution in [1.29, 1.82) is 0 Å². The second-order valence-electron chi connectivity index (χ2n) is 6.08. The molecule has 2 aliphatic carbocycles. The fourth-order valence-electron chi connectivity index (χ4n) is 2.64. The van der Waals surface area contributed by atoms with E-state index >= 15 is 0 Å². The van der Waals surface area contributed by atoms with Crippen molar-refractivity contribution >= 4 is 16.0 Å². The fraction of sp³-hybridized carbons (Fsp3) is 0.917. The number of nitrogens with one attached hydrogen (secondary N) is 1. The Labute approximate surface area is 126 Å². The summed E-state index contributed by atoms with van der Waals surface area (Å²) in [5.41, 5.74) is 0. The van der Waals surface area contributed by atoms with Gasteiger partial charge in [-0.25, -0.2) is 13.1 Å². The lowest BCUT2D eigenvalue weighted by atomic mass is 9.86. The second-order valence-corrected chi connectivity index (χ2v) is 7.83. The first-order valence-corrected chi connectivity index (χ1v) is 8.72. The van der Waals surface area contributed by atoms with Crippen LogP contribution in [0.2, 0.25) is 0 Å². The molecule has 0 radical (unpaired) electrons. The summed E-state index contributed by atoms with van der Waals surface area (Å²) in [6.45, 7) is 0.530. The number of alkyl halides is 3. The van der Waals surface area contributed by atoms with Crippen LogP contribution in [-0.4, -0.2) is 61.5 Å². The lowest BCUT2D eigenvalue weighted by Crippen LogP contribution is -2.56. The Morgan fingerprint density at radius 2 is 1.86 bits per heavy atom. The second kappa shape index (κ2) is 6.32. The number of rotatable bonds is 8. The van der Waals surface area contributed by atoms with E-state index < -0.39 is 34.0 Å². The summed E-state index contributed by atoms with van der Waals surface area (Å²) in [5.74, 6) is -2.36. The van der Waals surface area contributed by atoms with Gasteiger partial charge in [-0.3, -0.25) is 9.69 Å². The zero-order chi connectivity index (χ0) is 16.5. The molecule has 0 heterocycles. The molecular formula is C12H19F3N2O4S. The van der Waals surface area contributed by atoms with Crippen LogP contribution in [0.5, 0.6) is 0 Å². The van der Waals surface area contributed by atoms with Gasteiger partial charge >= 0.3 is 12.1 Å². The highest BCUT2D eigenvalue weighted by molar-refractivity contribution is 7.89. The molecule has 2 saturated carbocycles. The van der Waals surface area contributed by atoms with Crippen LogP contribution >= 0.6 is 0 Å². The summed E-state index contributed by atoms with van der Waals surface area (Å²) in [4.78, 5) is 12.6. The first-order valence-electron chi connectivity index (χ1n) is 7.06. The fourth-order valence-corrected chi connectivity index (χ4v) is 3.86. The highest BCUT2D eigenvalue weighted by Crippen LogP contribution is 2.34. The number of aliphatic carboxylic acids is 1. The van der Waals surface area contributed by atoms with Crippen molar-refractivity contribution in [3.8, 4) is 0 Å². The minimum absolute atomic E-state index is 0.0877. The lowest BCUT2D eigenvalue weighted by molar-refractivity contribution is -0.139. The van der Waals surface area contributed by atoms with Crippen molar-refractivity contribution in [2.45, 2.75) is 43.9 Å². The molecule has 128 valence electrons. The van der Waals surface area contributed by atoms with Crippen molar-refractivity contribution in [2.24, 2.45) is 5.92 Å². The van der Waals surface area contributed by atoms with Gasteiger partial charge in [0.1, 0.15) is 0 Å². The number of hydrogen-bond donors (Lipinski definition) is 2. The smallest absolute Gasteiger partial charge is 0.404 e. The molecule has 0 aliphatic heterocycles. The van der Waals surface area contributed by atoms with E-state index in [9.17, 15) is 26.4 Å². The average molecular weight is 344 g/mol. The number of nitrogens with zero attached hydrogens (tertiary/aromatic N) is 1. The first-order chi connectivity index (χ1) is 10.0. The summed E-state index contributed by atoms with van der Waals surface area (Å²) < 4.78 is 61.1. The molecule has 0 spiro atoms. The minimum atomic E-state index is -4.77. The van der Waals surface area contributed by atoms with Crippen LogP contribution in [0.15, 0.2) is 0 Å².